The molecule has 0 atom stereocenters. The van der Waals surface area contributed by atoms with Gasteiger partial charge in [-0.05, 0) is 36.3 Å². The minimum atomic E-state index is 0.265. The molecule has 0 fully saturated rings. The highest BCUT2D eigenvalue weighted by Crippen LogP contribution is 2.47. The van der Waals surface area contributed by atoms with Gasteiger partial charge in [0.05, 0.1) is 0 Å². The van der Waals surface area contributed by atoms with E-state index in [4.69, 9.17) is 5.41 Å². The standard InChI is InChI=1S/C13H27N/c1-6-8-13(5,9-7-2)12(3,4)10-11-14/h11,14H,6-10H2,1-5H3. The molecule has 0 aliphatic heterocycles. The average molecular weight is 197 g/mol. The molecule has 0 aromatic carbocycles. The van der Waals surface area contributed by atoms with Crippen LogP contribution in [0.1, 0.15) is 66.7 Å². The van der Waals surface area contributed by atoms with Crippen molar-refractivity contribution in [3.63, 3.8) is 0 Å². The predicted molar refractivity (Wildman–Crippen MR) is 65.1 cm³/mol. The van der Waals surface area contributed by atoms with E-state index in [0.29, 0.717) is 5.41 Å². The van der Waals surface area contributed by atoms with Crippen molar-refractivity contribution in [2.75, 3.05) is 0 Å². The summed E-state index contributed by atoms with van der Waals surface area (Å²) >= 11 is 0. The Morgan fingerprint density at radius 3 is 1.71 bits per heavy atom. The largest absolute Gasteiger partial charge is 0.313 e. The van der Waals surface area contributed by atoms with Crippen LogP contribution >= 0.6 is 0 Å². The number of hydrogen-bond acceptors (Lipinski definition) is 1. The lowest BCUT2D eigenvalue weighted by Gasteiger charge is -2.44. The van der Waals surface area contributed by atoms with Crippen LogP contribution in [0.5, 0.6) is 0 Å². The maximum absolute atomic E-state index is 7.28. The first-order chi connectivity index (χ1) is 6.43. The predicted octanol–water partition coefficient (Wildman–Crippen LogP) is 4.66. The van der Waals surface area contributed by atoms with Crippen molar-refractivity contribution in [2.24, 2.45) is 10.8 Å². The zero-order valence-electron chi connectivity index (χ0n) is 10.6. The Morgan fingerprint density at radius 1 is 1.00 bits per heavy atom. The van der Waals surface area contributed by atoms with Crippen LogP contribution in [0.15, 0.2) is 0 Å². The van der Waals surface area contributed by atoms with Crippen molar-refractivity contribution in [3.8, 4) is 0 Å². The Kier molecular flexibility index (Phi) is 5.40. The molecule has 0 saturated carbocycles. The van der Waals surface area contributed by atoms with E-state index in [0.717, 1.165) is 6.42 Å². The summed E-state index contributed by atoms with van der Waals surface area (Å²) in [4.78, 5) is 0. The highest BCUT2D eigenvalue weighted by molar-refractivity contribution is 5.54. The molecule has 14 heavy (non-hydrogen) atoms. The van der Waals surface area contributed by atoms with E-state index >= 15 is 0 Å². The molecule has 0 saturated heterocycles. The summed E-state index contributed by atoms with van der Waals surface area (Å²) in [6.07, 6.45) is 7.53. The van der Waals surface area contributed by atoms with Gasteiger partial charge in [-0.1, -0.05) is 47.5 Å². The van der Waals surface area contributed by atoms with E-state index in [2.05, 4.69) is 34.6 Å². The van der Waals surface area contributed by atoms with Crippen molar-refractivity contribution in [1.29, 1.82) is 5.41 Å². The summed E-state index contributed by atoms with van der Waals surface area (Å²) in [5.74, 6) is 0. The summed E-state index contributed by atoms with van der Waals surface area (Å²) in [5.41, 5.74) is 0.662. The molecule has 0 rings (SSSR count). The van der Waals surface area contributed by atoms with E-state index in [1.807, 2.05) is 0 Å². The molecule has 1 nitrogen and oxygen atoms in total. The van der Waals surface area contributed by atoms with Gasteiger partial charge in [0.25, 0.3) is 0 Å². The van der Waals surface area contributed by atoms with Crippen molar-refractivity contribution >= 4 is 6.21 Å². The second-order valence-electron chi connectivity index (χ2n) is 5.35. The third-order valence-electron chi connectivity index (χ3n) is 3.85. The Hall–Kier alpha value is -0.330. The van der Waals surface area contributed by atoms with Crippen LogP contribution in [-0.4, -0.2) is 6.21 Å². The molecule has 0 unspecified atom stereocenters. The fraction of sp³-hybridized carbons (Fsp3) is 0.923. The summed E-state index contributed by atoms with van der Waals surface area (Å²) < 4.78 is 0. The highest BCUT2D eigenvalue weighted by atomic mass is 14.5. The third-order valence-corrected chi connectivity index (χ3v) is 3.85. The Balaban J connectivity index is 4.67. The molecule has 0 aromatic rings. The first-order valence-corrected chi connectivity index (χ1v) is 5.92. The van der Waals surface area contributed by atoms with Gasteiger partial charge in [0.1, 0.15) is 0 Å². The second kappa shape index (κ2) is 5.53. The van der Waals surface area contributed by atoms with Gasteiger partial charge >= 0.3 is 0 Å². The lowest BCUT2D eigenvalue weighted by Crippen LogP contribution is -2.35. The smallest absolute Gasteiger partial charge is 0.00422 e. The minimum Gasteiger partial charge on any atom is -0.313 e. The molecule has 1 heteroatoms. The molecule has 0 bridgehead atoms. The monoisotopic (exact) mass is 197 g/mol. The lowest BCUT2D eigenvalue weighted by atomic mass is 9.61. The van der Waals surface area contributed by atoms with Crippen molar-refractivity contribution < 1.29 is 0 Å². The molecule has 0 radical (unpaired) electrons. The molecule has 0 heterocycles. The number of nitrogens with one attached hydrogen (secondary N) is 1. The van der Waals surface area contributed by atoms with Gasteiger partial charge in [-0.2, -0.15) is 0 Å². The lowest BCUT2D eigenvalue weighted by molar-refractivity contribution is 0.0723. The van der Waals surface area contributed by atoms with Crippen LogP contribution in [0, 0.1) is 16.2 Å². The van der Waals surface area contributed by atoms with Gasteiger partial charge in [0, 0.05) is 0 Å². The van der Waals surface area contributed by atoms with Gasteiger partial charge in [-0.15, -0.1) is 0 Å². The fourth-order valence-corrected chi connectivity index (χ4v) is 2.41. The topological polar surface area (TPSA) is 23.9 Å². The molecule has 0 aliphatic rings. The molecule has 84 valence electrons. The Labute approximate surface area is 89.8 Å². The SMILES string of the molecule is CCCC(C)(CCC)C(C)(C)CC=N. The highest BCUT2D eigenvalue weighted by Gasteiger charge is 2.38. The van der Waals surface area contributed by atoms with Gasteiger partial charge in [0.15, 0.2) is 0 Å². The van der Waals surface area contributed by atoms with Crippen LogP contribution in [0.4, 0.5) is 0 Å². The average Bonchev–Trinajstić information content (AvgIpc) is 2.04. The van der Waals surface area contributed by atoms with Crippen LogP contribution in [0.2, 0.25) is 0 Å². The summed E-state index contributed by atoms with van der Waals surface area (Å²) in [5, 5.41) is 7.28. The van der Waals surface area contributed by atoms with Crippen molar-refractivity contribution in [1.82, 2.24) is 0 Å². The van der Waals surface area contributed by atoms with Gasteiger partial charge in [0.2, 0.25) is 0 Å². The maximum atomic E-state index is 7.28. The number of hydrogen-bond donors (Lipinski definition) is 1. The summed E-state index contributed by atoms with van der Waals surface area (Å²) in [7, 11) is 0. The van der Waals surface area contributed by atoms with Gasteiger partial charge in [-0.3, -0.25) is 0 Å². The van der Waals surface area contributed by atoms with Crippen molar-refractivity contribution in [3.05, 3.63) is 0 Å². The van der Waals surface area contributed by atoms with E-state index in [1.54, 1.807) is 6.21 Å². The van der Waals surface area contributed by atoms with Gasteiger partial charge < -0.3 is 5.41 Å². The molecule has 1 N–H and O–H groups in total. The quantitative estimate of drug-likeness (QED) is 0.574. The van der Waals surface area contributed by atoms with E-state index < -0.39 is 0 Å². The zero-order chi connectivity index (χ0) is 11.2. The maximum Gasteiger partial charge on any atom is -0.00422 e. The Bertz CT molecular complexity index is 164. The van der Waals surface area contributed by atoms with Crippen molar-refractivity contribution in [2.45, 2.75) is 66.7 Å². The Morgan fingerprint density at radius 2 is 1.43 bits per heavy atom. The molecular weight excluding hydrogens is 170 g/mol. The second-order valence-corrected chi connectivity index (χ2v) is 5.35. The van der Waals surface area contributed by atoms with Crippen LogP contribution in [-0.2, 0) is 0 Å². The summed E-state index contributed by atoms with van der Waals surface area (Å²) in [6, 6.07) is 0. The van der Waals surface area contributed by atoms with E-state index in [9.17, 15) is 0 Å². The molecular formula is C13H27N. The fourth-order valence-electron chi connectivity index (χ4n) is 2.41. The molecule has 0 spiro atoms. The van der Waals surface area contributed by atoms with E-state index in [-0.39, 0.29) is 5.41 Å². The van der Waals surface area contributed by atoms with Gasteiger partial charge in [-0.25, -0.2) is 0 Å². The van der Waals surface area contributed by atoms with Crippen LogP contribution in [0.3, 0.4) is 0 Å². The summed E-state index contributed by atoms with van der Waals surface area (Å²) in [6.45, 7) is 11.5. The first-order valence-electron chi connectivity index (χ1n) is 5.92. The first kappa shape index (κ1) is 13.7. The molecule has 0 aromatic heterocycles. The number of rotatable bonds is 7. The van der Waals surface area contributed by atoms with Crippen LogP contribution < -0.4 is 0 Å². The molecule has 0 amide bonds. The zero-order valence-corrected chi connectivity index (χ0v) is 10.6. The molecule has 0 aliphatic carbocycles. The normalized spacial score (nSPS) is 12.9. The third kappa shape index (κ3) is 3.11. The van der Waals surface area contributed by atoms with E-state index in [1.165, 1.54) is 25.7 Å². The minimum absolute atomic E-state index is 0.265. The van der Waals surface area contributed by atoms with Crippen LogP contribution in [0.25, 0.3) is 0 Å².